The van der Waals surface area contributed by atoms with Crippen molar-refractivity contribution in [1.82, 2.24) is 0 Å². The van der Waals surface area contributed by atoms with E-state index in [-0.39, 0.29) is 6.42 Å². The molecule has 0 aliphatic heterocycles. The van der Waals surface area contributed by atoms with E-state index in [4.69, 9.17) is 14.9 Å². The fourth-order valence-corrected chi connectivity index (χ4v) is 2.18. The first kappa shape index (κ1) is 14.6. The summed E-state index contributed by atoms with van der Waals surface area (Å²) in [7, 11) is -4.49. The second-order valence-corrected chi connectivity index (χ2v) is 5.45. The molecule has 3 N–H and O–H groups in total. The zero-order valence-corrected chi connectivity index (χ0v) is 9.82. The van der Waals surface area contributed by atoms with Gasteiger partial charge in [0.2, 0.25) is 0 Å². The Bertz CT molecular complexity index is 235. The Labute approximate surface area is 89.7 Å². The Balaban J connectivity index is 3.89. The number of unbranched alkanes of at least 4 members (excludes halogenated alkanes) is 4. The van der Waals surface area contributed by atoms with E-state index in [1.807, 2.05) is 0 Å². The van der Waals surface area contributed by atoms with Crippen molar-refractivity contribution in [2.24, 2.45) is 0 Å². The standard InChI is InChI=1S/C9H19O5P/c1-2-3-4-5-6-7-8(9(10)11)15(12,13)14/h8H,2-7H2,1H3,(H,10,11)(H2,12,13,14). The summed E-state index contributed by atoms with van der Waals surface area (Å²) in [5.41, 5.74) is -1.53. The van der Waals surface area contributed by atoms with E-state index in [1.54, 1.807) is 0 Å². The zero-order chi connectivity index (χ0) is 11.9. The van der Waals surface area contributed by atoms with Gasteiger partial charge in [0.25, 0.3) is 0 Å². The van der Waals surface area contributed by atoms with Gasteiger partial charge in [-0.25, -0.2) is 0 Å². The molecule has 0 bridgehead atoms. The van der Waals surface area contributed by atoms with Crippen LogP contribution in [0.4, 0.5) is 0 Å². The second-order valence-electron chi connectivity index (χ2n) is 3.65. The van der Waals surface area contributed by atoms with Crippen LogP contribution in [0.2, 0.25) is 0 Å². The van der Waals surface area contributed by atoms with Crippen molar-refractivity contribution >= 4 is 13.6 Å². The lowest BCUT2D eigenvalue weighted by Crippen LogP contribution is -2.20. The SMILES string of the molecule is CCCCCCCC(C(=O)O)P(=O)(O)O. The Hall–Kier alpha value is -0.380. The van der Waals surface area contributed by atoms with Crippen LogP contribution in [-0.4, -0.2) is 26.5 Å². The van der Waals surface area contributed by atoms with Crippen molar-refractivity contribution in [3.63, 3.8) is 0 Å². The van der Waals surface area contributed by atoms with E-state index in [0.717, 1.165) is 25.7 Å². The lowest BCUT2D eigenvalue weighted by Gasteiger charge is -2.13. The maximum absolute atomic E-state index is 10.8. The highest BCUT2D eigenvalue weighted by molar-refractivity contribution is 7.53. The van der Waals surface area contributed by atoms with Crippen LogP contribution in [0.3, 0.4) is 0 Å². The van der Waals surface area contributed by atoms with Gasteiger partial charge in [0.15, 0.2) is 5.66 Å². The molecule has 5 nitrogen and oxygen atoms in total. The van der Waals surface area contributed by atoms with E-state index < -0.39 is 19.2 Å². The smallest absolute Gasteiger partial charge is 0.339 e. The molecule has 0 spiro atoms. The second kappa shape index (κ2) is 6.99. The van der Waals surface area contributed by atoms with Crippen molar-refractivity contribution in [2.45, 2.75) is 51.1 Å². The summed E-state index contributed by atoms with van der Waals surface area (Å²) in [5.74, 6) is -1.40. The number of rotatable bonds is 8. The number of hydrogen-bond acceptors (Lipinski definition) is 2. The third kappa shape index (κ3) is 6.66. The molecule has 1 unspecified atom stereocenters. The van der Waals surface area contributed by atoms with Crippen molar-refractivity contribution in [3.05, 3.63) is 0 Å². The van der Waals surface area contributed by atoms with Crippen LogP contribution in [-0.2, 0) is 9.36 Å². The van der Waals surface area contributed by atoms with Gasteiger partial charge >= 0.3 is 13.6 Å². The number of carbonyl (C=O) groups is 1. The maximum Gasteiger partial charge on any atom is 0.339 e. The number of aliphatic carboxylic acids is 1. The van der Waals surface area contributed by atoms with Crippen LogP contribution in [0, 0.1) is 0 Å². The van der Waals surface area contributed by atoms with Gasteiger partial charge in [0.1, 0.15) is 0 Å². The predicted molar refractivity (Wildman–Crippen MR) is 56.8 cm³/mol. The summed E-state index contributed by atoms with van der Waals surface area (Å²) >= 11 is 0. The summed E-state index contributed by atoms with van der Waals surface area (Å²) in [4.78, 5) is 28.1. The molecule has 0 aliphatic rings. The van der Waals surface area contributed by atoms with Crippen molar-refractivity contribution in [2.75, 3.05) is 0 Å². The summed E-state index contributed by atoms with van der Waals surface area (Å²) in [6.45, 7) is 2.07. The fourth-order valence-electron chi connectivity index (χ4n) is 1.38. The molecule has 0 heterocycles. The highest BCUT2D eigenvalue weighted by atomic mass is 31.2. The van der Waals surface area contributed by atoms with E-state index in [1.165, 1.54) is 0 Å². The Morgan fingerprint density at radius 1 is 1.20 bits per heavy atom. The van der Waals surface area contributed by atoms with Crippen LogP contribution in [0.5, 0.6) is 0 Å². The first-order valence-corrected chi connectivity index (χ1v) is 6.85. The molecule has 0 saturated carbocycles. The van der Waals surface area contributed by atoms with E-state index in [9.17, 15) is 9.36 Å². The summed E-state index contributed by atoms with van der Waals surface area (Å²) in [6.07, 6.45) is 4.60. The topological polar surface area (TPSA) is 94.8 Å². The molecule has 0 aromatic heterocycles. The van der Waals surface area contributed by atoms with E-state index in [0.29, 0.717) is 6.42 Å². The molecule has 0 amide bonds. The summed E-state index contributed by atoms with van der Waals surface area (Å²) < 4.78 is 10.8. The quantitative estimate of drug-likeness (QED) is 0.444. The van der Waals surface area contributed by atoms with Crippen LogP contribution < -0.4 is 0 Å². The van der Waals surface area contributed by atoms with Gasteiger partial charge in [-0.15, -0.1) is 0 Å². The average Bonchev–Trinajstić information content (AvgIpc) is 2.08. The zero-order valence-electron chi connectivity index (χ0n) is 8.93. The molecule has 0 fully saturated rings. The molecule has 1 atom stereocenters. The van der Waals surface area contributed by atoms with E-state index >= 15 is 0 Å². The first-order valence-electron chi connectivity index (χ1n) is 5.17. The molecule has 0 aromatic carbocycles. The number of hydrogen-bond donors (Lipinski definition) is 3. The fraction of sp³-hybridized carbons (Fsp3) is 0.889. The number of carboxylic acids is 1. The molecule has 90 valence electrons. The normalized spacial score (nSPS) is 13.8. The Morgan fingerprint density at radius 3 is 2.13 bits per heavy atom. The lowest BCUT2D eigenvalue weighted by atomic mass is 10.1. The third-order valence-corrected chi connectivity index (χ3v) is 3.56. The van der Waals surface area contributed by atoms with Gasteiger partial charge in [-0.2, -0.15) is 0 Å². The van der Waals surface area contributed by atoms with Crippen molar-refractivity contribution in [3.8, 4) is 0 Å². The van der Waals surface area contributed by atoms with Crippen molar-refractivity contribution < 1.29 is 24.3 Å². The molecule has 6 heteroatoms. The monoisotopic (exact) mass is 238 g/mol. The molecular weight excluding hydrogens is 219 g/mol. The van der Waals surface area contributed by atoms with Gasteiger partial charge in [-0.3, -0.25) is 9.36 Å². The van der Waals surface area contributed by atoms with Crippen LogP contribution in [0.25, 0.3) is 0 Å². The van der Waals surface area contributed by atoms with E-state index in [2.05, 4.69) is 6.92 Å². The van der Waals surface area contributed by atoms with Crippen LogP contribution >= 0.6 is 7.60 Å². The summed E-state index contributed by atoms with van der Waals surface area (Å²) in [5, 5.41) is 8.62. The Morgan fingerprint density at radius 2 is 1.73 bits per heavy atom. The highest BCUT2D eigenvalue weighted by Gasteiger charge is 2.34. The minimum Gasteiger partial charge on any atom is -0.481 e. The van der Waals surface area contributed by atoms with Crippen LogP contribution in [0.15, 0.2) is 0 Å². The molecule has 0 rings (SSSR count). The van der Waals surface area contributed by atoms with Gasteiger partial charge in [0, 0.05) is 0 Å². The first-order chi connectivity index (χ1) is 6.89. The maximum atomic E-state index is 10.8. The third-order valence-electron chi connectivity index (χ3n) is 2.27. The highest BCUT2D eigenvalue weighted by Crippen LogP contribution is 2.43. The van der Waals surface area contributed by atoms with Crippen molar-refractivity contribution in [1.29, 1.82) is 0 Å². The average molecular weight is 238 g/mol. The molecule has 0 aliphatic carbocycles. The largest absolute Gasteiger partial charge is 0.481 e. The van der Waals surface area contributed by atoms with Crippen LogP contribution in [0.1, 0.15) is 45.4 Å². The minimum absolute atomic E-state index is 0.0589. The molecular formula is C9H19O5P. The molecule has 0 radical (unpaired) electrons. The van der Waals surface area contributed by atoms with Gasteiger partial charge < -0.3 is 14.9 Å². The molecule has 0 aromatic rings. The van der Waals surface area contributed by atoms with Gasteiger partial charge in [-0.05, 0) is 6.42 Å². The molecule has 0 saturated heterocycles. The number of carboxylic acid groups (broad SMARTS) is 1. The lowest BCUT2D eigenvalue weighted by molar-refractivity contribution is -0.137. The molecule has 15 heavy (non-hydrogen) atoms. The van der Waals surface area contributed by atoms with Gasteiger partial charge in [-0.1, -0.05) is 39.0 Å². The predicted octanol–water partition coefficient (Wildman–Crippen LogP) is 1.98. The Kier molecular flexibility index (Phi) is 6.81. The summed E-state index contributed by atoms with van der Waals surface area (Å²) in [6, 6.07) is 0. The van der Waals surface area contributed by atoms with Gasteiger partial charge in [0.05, 0.1) is 0 Å². The minimum atomic E-state index is -4.49.